The van der Waals surface area contributed by atoms with E-state index in [4.69, 9.17) is 28.1 Å². The molecule has 0 amide bonds. The maximum atomic E-state index is 5.69. The Labute approximate surface area is 149 Å². The van der Waals surface area contributed by atoms with Gasteiger partial charge in [0.1, 0.15) is 0 Å². The third-order valence-corrected chi connectivity index (χ3v) is 3.77. The van der Waals surface area contributed by atoms with Gasteiger partial charge in [-0.25, -0.2) is 0 Å². The molecule has 0 heterocycles. The molecular weight excluding hydrogens is 328 g/mol. The normalized spacial score (nSPS) is 12.2. The minimum Gasteiger partial charge on any atom is -0.415 e. The molecule has 0 aromatic carbocycles. The van der Waals surface area contributed by atoms with E-state index in [0.717, 1.165) is 6.61 Å². The van der Waals surface area contributed by atoms with Crippen molar-refractivity contribution in [2.75, 3.05) is 72.7 Å². The third kappa shape index (κ3) is 22.0. The molecule has 0 aliphatic heterocycles. The van der Waals surface area contributed by atoms with Crippen LogP contribution >= 0.6 is 0 Å². The van der Waals surface area contributed by atoms with Gasteiger partial charge in [-0.15, -0.1) is 0 Å². The molecule has 146 valence electrons. The minimum absolute atomic E-state index is 0.567. The molecule has 0 aliphatic carbocycles. The fourth-order valence-corrected chi connectivity index (χ4v) is 2.30. The first-order valence-corrected chi connectivity index (χ1v) is 12.4. The number of hydrogen-bond acceptors (Lipinski definition) is 6. The molecule has 0 atom stereocenters. The van der Waals surface area contributed by atoms with Gasteiger partial charge in [-0.3, -0.25) is 0 Å². The van der Waals surface area contributed by atoms with Gasteiger partial charge in [0.2, 0.25) is 0 Å². The smallest absolute Gasteiger partial charge is 0.183 e. The zero-order valence-electron chi connectivity index (χ0n) is 16.3. The van der Waals surface area contributed by atoms with E-state index in [-0.39, 0.29) is 0 Å². The molecule has 0 saturated carbocycles. The first-order valence-electron chi connectivity index (χ1n) is 8.94. The van der Waals surface area contributed by atoms with E-state index in [1.807, 2.05) is 0 Å². The maximum Gasteiger partial charge on any atom is 0.183 e. The molecule has 0 fully saturated rings. The van der Waals surface area contributed by atoms with Gasteiger partial charge in [-0.2, -0.15) is 0 Å². The summed E-state index contributed by atoms with van der Waals surface area (Å²) in [4.78, 5) is 0. The Bertz CT molecular complexity index is 258. The molecule has 0 aromatic rings. The van der Waals surface area contributed by atoms with Crippen molar-refractivity contribution in [3.05, 3.63) is 0 Å². The van der Waals surface area contributed by atoms with E-state index < -0.39 is 8.32 Å². The molecule has 0 aromatic heterocycles. The molecule has 0 aliphatic rings. The van der Waals surface area contributed by atoms with Crippen LogP contribution in [0.5, 0.6) is 0 Å². The first-order chi connectivity index (χ1) is 11.4. The number of rotatable bonds is 18. The van der Waals surface area contributed by atoms with E-state index in [0.29, 0.717) is 72.0 Å². The predicted molar refractivity (Wildman–Crippen MR) is 98.2 cm³/mol. The van der Waals surface area contributed by atoms with Crippen LogP contribution in [-0.2, 0) is 28.1 Å². The molecule has 0 saturated heterocycles. The molecule has 0 N–H and O–H groups in total. The largest absolute Gasteiger partial charge is 0.415 e. The van der Waals surface area contributed by atoms with Crippen LogP contribution in [0.4, 0.5) is 0 Å². The Morgan fingerprint density at radius 3 is 1.21 bits per heavy atom. The fourth-order valence-electron chi connectivity index (χ4n) is 1.61. The van der Waals surface area contributed by atoms with Crippen LogP contribution in [0.25, 0.3) is 0 Å². The highest BCUT2D eigenvalue weighted by Crippen LogP contribution is 2.01. The monoisotopic (exact) mass is 366 g/mol. The van der Waals surface area contributed by atoms with Crippen LogP contribution in [0.1, 0.15) is 13.8 Å². The van der Waals surface area contributed by atoms with Crippen molar-refractivity contribution in [2.45, 2.75) is 33.5 Å². The van der Waals surface area contributed by atoms with Crippen molar-refractivity contribution in [1.82, 2.24) is 0 Å². The van der Waals surface area contributed by atoms with E-state index in [1.54, 1.807) is 0 Å². The van der Waals surface area contributed by atoms with Gasteiger partial charge in [-0.05, 0) is 25.6 Å². The zero-order chi connectivity index (χ0) is 18.1. The zero-order valence-corrected chi connectivity index (χ0v) is 17.3. The Morgan fingerprint density at radius 1 is 0.542 bits per heavy atom. The Kier molecular flexibility index (Phi) is 16.4. The average Bonchev–Trinajstić information content (AvgIpc) is 2.49. The summed E-state index contributed by atoms with van der Waals surface area (Å²) in [7, 11) is -1.41. The first kappa shape index (κ1) is 24.0. The highest BCUT2D eigenvalue weighted by molar-refractivity contribution is 6.69. The highest BCUT2D eigenvalue weighted by Gasteiger charge is 2.12. The van der Waals surface area contributed by atoms with Gasteiger partial charge in [0, 0.05) is 6.61 Å². The summed E-state index contributed by atoms with van der Waals surface area (Å²) < 4.78 is 32.8. The lowest BCUT2D eigenvalue weighted by molar-refractivity contribution is -0.0143. The summed E-state index contributed by atoms with van der Waals surface area (Å²) in [5, 5.41) is 0. The molecule has 0 bridgehead atoms. The minimum atomic E-state index is -1.41. The lowest BCUT2D eigenvalue weighted by Crippen LogP contribution is -2.27. The number of ether oxygens (including phenoxy) is 5. The second kappa shape index (κ2) is 16.4. The lowest BCUT2D eigenvalue weighted by atomic mass is 10.2. The Balaban J connectivity index is 3.03. The standard InChI is InChI=1S/C17H38O6Si/c1-17(2)16-22-13-12-20-9-8-18-6-7-19-10-11-21-14-15-23-24(3,4)5/h17H,6-16H2,1-5H3. The second-order valence-electron chi connectivity index (χ2n) is 6.88. The van der Waals surface area contributed by atoms with Gasteiger partial charge < -0.3 is 28.1 Å². The lowest BCUT2D eigenvalue weighted by Gasteiger charge is -2.16. The SMILES string of the molecule is CC(C)COCCOCCOCCOCCOCCO[Si](C)(C)C. The molecule has 24 heavy (non-hydrogen) atoms. The van der Waals surface area contributed by atoms with E-state index in [9.17, 15) is 0 Å². The van der Waals surface area contributed by atoms with Crippen molar-refractivity contribution in [1.29, 1.82) is 0 Å². The third-order valence-electron chi connectivity index (χ3n) is 2.70. The summed E-state index contributed by atoms with van der Waals surface area (Å²) in [6.07, 6.45) is 0. The van der Waals surface area contributed by atoms with E-state index >= 15 is 0 Å². The van der Waals surface area contributed by atoms with Crippen molar-refractivity contribution < 1.29 is 28.1 Å². The number of hydrogen-bond donors (Lipinski definition) is 0. The summed E-state index contributed by atoms with van der Waals surface area (Å²) >= 11 is 0. The van der Waals surface area contributed by atoms with Gasteiger partial charge in [0.25, 0.3) is 0 Å². The van der Waals surface area contributed by atoms with E-state index in [1.165, 1.54) is 0 Å². The van der Waals surface area contributed by atoms with Crippen LogP contribution in [0.3, 0.4) is 0 Å². The summed E-state index contributed by atoms with van der Waals surface area (Å²) in [5.74, 6) is 0.567. The predicted octanol–water partition coefficient (Wildman–Crippen LogP) is 2.58. The fraction of sp³-hybridized carbons (Fsp3) is 1.00. The van der Waals surface area contributed by atoms with Crippen LogP contribution in [0, 0.1) is 5.92 Å². The van der Waals surface area contributed by atoms with Gasteiger partial charge in [0.15, 0.2) is 8.32 Å². The molecular formula is C17H38O6Si. The topological polar surface area (TPSA) is 55.4 Å². The van der Waals surface area contributed by atoms with Crippen molar-refractivity contribution in [2.24, 2.45) is 5.92 Å². The van der Waals surface area contributed by atoms with Crippen LogP contribution in [-0.4, -0.2) is 81.0 Å². The van der Waals surface area contributed by atoms with Crippen molar-refractivity contribution >= 4 is 8.32 Å². The molecule has 0 spiro atoms. The average molecular weight is 367 g/mol. The quantitative estimate of drug-likeness (QED) is 0.274. The van der Waals surface area contributed by atoms with Gasteiger partial charge in [0.05, 0.1) is 66.1 Å². The van der Waals surface area contributed by atoms with Crippen molar-refractivity contribution in [3.8, 4) is 0 Å². The maximum absolute atomic E-state index is 5.69. The van der Waals surface area contributed by atoms with Crippen LogP contribution in [0.2, 0.25) is 19.6 Å². The molecule has 0 radical (unpaired) electrons. The molecule has 7 heteroatoms. The second-order valence-corrected chi connectivity index (χ2v) is 11.4. The summed E-state index contributed by atoms with van der Waals surface area (Å²) in [6.45, 7) is 17.6. The Hall–Kier alpha value is -0.0231. The summed E-state index contributed by atoms with van der Waals surface area (Å²) in [6, 6.07) is 0. The van der Waals surface area contributed by atoms with Crippen LogP contribution in [0.15, 0.2) is 0 Å². The highest BCUT2D eigenvalue weighted by atomic mass is 28.4. The van der Waals surface area contributed by atoms with Gasteiger partial charge in [-0.1, -0.05) is 13.8 Å². The molecule has 6 nitrogen and oxygen atoms in total. The van der Waals surface area contributed by atoms with Crippen molar-refractivity contribution in [3.63, 3.8) is 0 Å². The van der Waals surface area contributed by atoms with E-state index in [2.05, 4.69) is 33.5 Å². The molecule has 0 unspecified atom stereocenters. The molecule has 0 rings (SSSR count). The Morgan fingerprint density at radius 2 is 0.875 bits per heavy atom. The summed E-state index contributed by atoms with van der Waals surface area (Å²) in [5.41, 5.74) is 0. The van der Waals surface area contributed by atoms with Gasteiger partial charge >= 0.3 is 0 Å². The van der Waals surface area contributed by atoms with Crippen LogP contribution < -0.4 is 0 Å².